The van der Waals surface area contributed by atoms with Gasteiger partial charge in [0.05, 0.1) is 10.0 Å². The highest BCUT2D eigenvalue weighted by Crippen LogP contribution is 2.24. The molecule has 0 saturated heterocycles. The van der Waals surface area contributed by atoms with E-state index in [4.69, 9.17) is 11.6 Å². The maximum atomic E-state index is 12.4. The number of sulfonamides is 1. The Labute approximate surface area is 126 Å². The van der Waals surface area contributed by atoms with Crippen molar-refractivity contribution in [1.82, 2.24) is 9.46 Å². The third-order valence-corrected chi connectivity index (χ3v) is 5.45. The molecule has 8 heteroatoms. The van der Waals surface area contributed by atoms with Crippen LogP contribution in [0.25, 0.3) is 0 Å². The van der Waals surface area contributed by atoms with Gasteiger partial charge in [-0.05, 0) is 12.1 Å². The monoisotopic (exact) mass is 332 g/mol. The summed E-state index contributed by atoms with van der Waals surface area (Å²) >= 11 is 7.22. The molecule has 20 heavy (non-hydrogen) atoms. The number of nitrogens with zero attached hydrogens (tertiary/aromatic N) is 2. The smallest absolute Gasteiger partial charge is 0.220 e. The molecule has 0 saturated carbocycles. The highest BCUT2D eigenvalue weighted by atomic mass is 35.5. The van der Waals surface area contributed by atoms with Crippen LogP contribution < -0.4 is 0 Å². The Balaban J connectivity index is 2.16. The molecule has 0 unspecified atom stereocenters. The predicted octanol–water partition coefficient (Wildman–Crippen LogP) is 2.91. The van der Waals surface area contributed by atoms with E-state index in [0.29, 0.717) is 10.0 Å². The Kier molecular flexibility index (Phi) is 4.98. The Bertz CT molecular complexity index is 665. The summed E-state index contributed by atoms with van der Waals surface area (Å²) in [5, 5.41) is 3.63. The molecule has 2 heterocycles. The minimum atomic E-state index is -3.49. The molecule has 2 rings (SSSR count). The second-order valence-electron chi connectivity index (χ2n) is 4.03. The molecule has 0 amide bonds. The lowest BCUT2D eigenvalue weighted by Crippen LogP contribution is -2.31. The summed E-state index contributed by atoms with van der Waals surface area (Å²) in [7, 11) is -3.49. The van der Waals surface area contributed by atoms with Crippen molar-refractivity contribution in [1.29, 1.82) is 0 Å². The van der Waals surface area contributed by atoms with Crippen LogP contribution in [0.3, 0.4) is 0 Å². The highest BCUT2D eigenvalue weighted by molar-refractivity contribution is 7.88. The van der Waals surface area contributed by atoms with Crippen LogP contribution in [0, 0.1) is 0 Å². The van der Waals surface area contributed by atoms with Crippen molar-refractivity contribution in [3.05, 3.63) is 52.0 Å². The van der Waals surface area contributed by atoms with E-state index in [-0.39, 0.29) is 18.8 Å². The summed E-state index contributed by atoms with van der Waals surface area (Å²) in [6.45, 7) is 4.09. The van der Waals surface area contributed by atoms with Gasteiger partial charge in [0.1, 0.15) is 12.0 Å². The average Bonchev–Trinajstić information content (AvgIpc) is 3.00. The molecule has 0 aliphatic heterocycles. The van der Waals surface area contributed by atoms with Crippen LogP contribution in [-0.2, 0) is 22.3 Å². The second-order valence-corrected chi connectivity index (χ2v) is 7.80. The van der Waals surface area contributed by atoms with Crippen molar-refractivity contribution in [2.24, 2.45) is 0 Å². The topological polar surface area (TPSA) is 63.4 Å². The van der Waals surface area contributed by atoms with Gasteiger partial charge < -0.3 is 4.52 Å². The van der Waals surface area contributed by atoms with Crippen LogP contribution in [0.2, 0.25) is 4.34 Å². The van der Waals surface area contributed by atoms with E-state index in [2.05, 4.69) is 16.3 Å². The van der Waals surface area contributed by atoms with Gasteiger partial charge in [0, 0.05) is 24.0 Å². The minimum absolute atomic E-state index is 0.198. The summed E-state index contributed by atoms with van der Waals surface area (Å²) in [5.41, 5.74) is 0.378. The second kappa shape index (κ2) is 6.53. The van der Waals surface area contributed by atoms with Crippen molar-refractivity contribution in [2.75, 3.05) is 6.54 Å². The van der Waals surface area contributed by atoms with Gasteiger partial charge in [-0.3, -0.25) is 0 Å². The van der Waals surface area contributed by atoms with Crippen molar-refractivity contribution >= 4 is 33.0 Å². The van der Waals surface area contributed by atoms with E-state index in [9.17, 15) is 8.42 Å². The molecule has 108 valence electrons. The van der Waals surface area contributed by atoms with Gasteiger partial charge in [0.15, 0.2) is 0 Å². The van der Waals surface area contributed by atoms with Gasteiger partial charge in [0.25, 0.3) is 0 Å². The molecule has 5 nitrogen and oxygen atoms in total. The molecule has 0 atom stereocenters. The summed E-state index contributed by atoms with van der Waals surface area (Å²) < 4.78 is 31.4. The van der Waals surface area contributed by atoms with Crippen LogP contribution >= 0.6 is 22.9 Å². The molecular formula is C12H13ClN2O3S2. The normalized spacial score (nSPS) is 11.9. The third kappa shape index (κ3) is 3.92. The molecule has 0 aliphatic rings. The minimum Gasteiger partial charge on any atom is -0.364 e. The first-order chi connectivity index (χ1) is 9.51. The van der Waals surface area contributed by atoms with Crippen molar-refractivity contribution < 1.29 is 12.9 Å². The standard InChI is InChI=1S/C12H13ClN2O3S2/c1-2-6-15(8-11-3-4-12(13)19-11)20(16,17)9-10-5-7-18-14-10/h2-5,7H,1,6,8-9H2. The van der Waals surface area contributed by atoms with E-state index in [1.54, 1.807) is 12.1 Å². The molecule has 0 N–H and O–H groups in total. The van der Waals surface area contributed by atoms with Gasteiger partial charge in [-0.25, -0.2) is 8.42 Å². The lowest BCUT2D eigenvalue weighted by molar-refractivity contribution is 0.410. The van der Waals surface area contributed by atoms with Gasteiger partial charge >= 0.3 is 0 Å². The van der Waals surface area contributed by atoms with E-state index < -0.39 is 10.0 Å². The first-order valence-corrected chi connectivity index (χ1v) is 8.54. The number of rotatable bonds is 7. The van der Waals surface area contributed by atoms with Gasteiger partial charge in [-0.15, -0.1) is 17.9 Å². The zero-order valence-corrected chi connectivity index (χ0v) is 12.9. The van der Waals surface area contributed by atoms with Crippen molar-refractivity contribution in [2.45, 2.75) is 12.3 Å². The number of aromatic nitrogens is 1. The van der Waals surface area contributed by atoms with E-state index >= 15 is 0 Å². The van der Waals surface area contributed by atoms with E-state index in [0.717, 1.165) is 4.88 Å². The lowest BCUT2D eigenvalue weighted by atomic mass is 10.4. The van der Waals surface area contributed by atoms with Crippen LogP contribution in [0.1, 0.15) is 10.6 Å². The van der Waals surface area contributed by atoms with Gasteiger partial charge in [-0.1, -0.05) is 22.8 Å². The first-order valence-electron chi connectivity index (χ1n) is 5.73. The van der Waals surface area contributed by atoms with Crippen molar-refractivity contribution in [3.8, 4) is 0 Å². The average molecular weight is 333 g/mol. The molecule has 0 aromatic carbocycles. The summed E-state index contributed by atoms with van der Waals surface area (Å²) in [4.78, 5) is 0.876. The number of halogens is 1. The summed E-state index contributed by atoms with van der Waals surface area (Å²) in [5.74, 6) is -0.198. The van der Waals surface area contributed by atoms with Crippen LogP contribution in [0.5, 0.6) is 0 Å². The number of hydrogen-bond acceptors (Lipinski definition) is 5. The molecule has 0 aliphatic carbocycles. The summed E-state index contributed by atoms with van der Waals surface area (Å²) in [6, 6.07) is 5.10. The largest absolute Gasteiger partial charge is 0.364 e. The highest BCUT2D eigenvalue weighted by Gasteiger charge is 2.23. The summed E-state index contributed by atoms with van der Waals surface area (Å²) in [6.07, 6.45) is 2.90. The fraction of sp³-hybridized carbons (Fsp3) is 0.250. The molecule has 0 bridgehead atoms. The third-order valence-electron chi connectivity index (χ3n) is 2.51. The Hall–Kier alpha value is -1.15. The Morgan fingerprint density at radius 3 is 2.80 bits per heavy atom. The van der Waals surface area contributed by atoms with E-state index in [1.165, 1.54) is 28.0 Å². The molecule has 0 spiro atoms. The molecule has 2 aromatic rings. The van der Waals surface area contributed by atoms with E-state index in [1.807, 2.05) is 6.07 Å². The Morgan fingerprint density at radius 1 is 1.45 bits per heavy atom. The lowest BCUT2D eigenvalue weighted by Gasteiger charge is -2.19. The van der Waals surface area contributed by atoms with Gasteiger partial charge in [-0.2, -0.15) is 4.31 Å². The van der Waals surface area contributed by atoms with Gasteiger partial charge in [0.2, 0.25) is 10.0 Å². The maximum absolute atomic E-state index is 12.4. The fourth-order valence-corrected chi connectivity index (χ4v) is 4.18. The Morgan fingerprint density at radius 2 is 2.25 bits per heavy atom. The number of hydrogen-bond donors (Lipinski definition) is 0. The fourth-order valence-electron chi connectivity index (χ4n) is 1.62. The molecule has 0 fully saturated rings. The first kappa shape index (κ1) is 15.2. The zero-order chi connectivity index (χ0) is 14.6. The van der Waals surface area contributed by atoms with Crippen LogP contribution in [0.4, 0.5) is 0 Å². The van der Waals surface area contributed by atoms with Crippen molar-refractivity contribution in [3.63, 3.8) is 0 Å². The predicted molar refractivity (Wildman–Crippen MR) is 79.1 cm³/mol. The quantitative estimate of drug-likeness (QED) is 0.731. The number of thiophene rings is 1. The maximum Gasteiger partial charge on any atom is 0.220 e. The van der Waals surface area contributed by atoms with Crippen LogP contribution in [0.15, 0.2) is 41.6 Å². The van der Waals surface area contributed by atoms with Crippen LogP contribution in [-0.4, -0.2) is 24.4 Å². The molecule has 2 aromatic heterocycles. The molecular weight excluding hydrogens is 320 g/mol. The SMILES string of the molecule is C=CCN(Cc1ccc(Cl)s1)S(=O)(=O)Cc1ccon1. The molecule has 0 radical (unpaired) electrons. The zero-order valence-electron chi connectivity index (χ0n) is 10.5.